The van der Waals surface area contributed by atoms with Crippen LogP contribution in [0.5, 0.6) is 17.2 Å². The summed E-state index contributed by atoms with van der Waals surface area (Å²) < 4.78 is 15.9. The van der Waals surface area contributed by atoms with Crippen molar-refractivity contribution in [3.05, 3.63) is 36.4 Å². The van der Waals surface area contributed by atoms with E-state index in [0.717, 1.165) is 11.5 Å². The fourth-order valence-corrected chi connectivity index (χ4v) is 2.33. The lowest BCUT2D eigenvalue weighted by molar-refractivity contribution is -0.118. The third-order valence-electron chi connectivity index (χ3n) is 3.62. The summed E-state index contributed by atoms with van der Waals surface area (Å²) in [6.45, 7) is 0.385. The van der Waals surface area contributed by atoms with Gasteiger partial charge in [0.1, 0.15) is 17.3 Å². The van der Waals surface area contributed by atoms with Crippen LogP contribution in [-0.4, -0.2) is 37.1 Å². The van der Waals surface area contributed by atoms with Crippen LogP contribution in [0.15, 0.2) is 36.4 Å². The van der Waals surface area contributed by atoms with Gasteiger partial charge in [-0.3, -0.25) is 9.59 Å². The largest absolute Gasteiger partial charge is 0.497 e. The van der Waals surface area contributed by atoms with E-state index in [4.69, 9.17) is 14.2 Å². The molecule has 0 aliphatic carbocycles. The second-order valence-electron chi connectivity index (χ2n) is 5.56. The summed E-state index contributed by atoms with van der Waals surface area (Å²) in [5.41, 5.74) is 0. The van der Waals surface area contributed by atoms with Crippen molar-refractivity contribution in [3.63, 3.8) is 0 Å². The molecule has 0 unspecified atom stereocenters. The number of benzene rings is 1. The molecule has 0 atom stereocenters. The van der Waals surface area contributed by atoms with Gasteiger partial charge in [-0.2, -0.15) is 0 Å². The zero-order valence-electron chi connectivity index (χ0n) is 14.3. The Balaban J connectivity index is 1.42. The topological polar surface area (TPSA) is 98.8 Å². The lowest BCUT2D eigenvalue weighted by atomic mass is 10.3. The van der Waals surface area contributed by atoms with Crippen molar-refractivity contribution in [1.29, 1.82) is 0 Å². The van der Waals surface area contributed by atoms with Crippen LogP contribution >= 0.6 is 0 Å². The number of methoxy groups -OCH3 is 1. The number of ether oxygens (including phenoxy) is 3. The standard InChI is InChI=1S/C18H19N3O5/c1-24-12-4-6-13(7-5-12)25-10-2-3-16(22)19-15-9-8-14-18(20-15)21-17(23)11-26-14/h4-9H,2-3,10-11H2,1H3,(H2,19,20,21,22,23). The van der Waals surface area contributed by atoms with E-state index in [1.54, 1.807) is 19.2 Å². The van der Waals surface area contributed by atoms with Crippen molar-refractivity contribution in [3.8, 4) is 17.2 Å². The molecule has 136 valence electrons. The Morgan fingerprint density at radius 2 is 2.00 bits per heavy atom. The van der Waals surface area contributed by atoms with Gasteiger partial charge in [0.15, 0.2) is 18.2 Å². The van der Waals surface area contributed by atoms with Gasteiger partial charge in [0.25, 0.3) is 5.91 Å². The molecule has 0 spiro atoms. The van der Waals surface area contributed by atoms with Gasteiger partial charge in [-0.1, -0.05) is 0 Å². The molecule has 1 aromatic heterocycles. The molecule has 2 aromatic rings. The Labute approximate surface area is 150 Å². The Morgan fingerprint density at radius 1 is 1.23 bits per heavy atom. The van der Waals surface area contributed by atoms with Crippen LogP contribution in [0.2, 0.25) is 0 Å². The molecule has 0 saturated carbocycles. The maximum atomic E-state index is 12.0. The molecule has 3 rings (SSSR count). The molecular formula is C18H19N3O5. The van der Waals surface area contributed by atoms with E-state index in [1.807, 2.05) is 24.3 Å². The van der Waals surface area contributed by atoms with Gasteiger partial charge < -0.3 is 24.8 Å². The normalized spacial score (nSPS) is 12.4. The first-order valence-corrected chi connectivity index (χ1v) is 8.14. The number of hydrogen-bond acceptors (Lipinski definition) is 6. The van der Waals surface area contributed by atoms with Crippen LogP contribution < -0.4 is 24.8 Å². The zero-order chi connectivity index (χ0) is 18.4. The van der Waals surface area contributed by atoms with Gasteiger partial charge in [0, 0.05) is 6.42 Å². The number of pyridine rings is 1. The summed E-state index contributed by atoms with van der Waals surface area (Å²) in [6.07, 6.45) is 0.848. The second kappa shape index (κ2) is 8.19. The molecule has 1 aliphatic heterocycles. The maximum absolute atomic E-state index is 12.0. The molecule has 0 radical (unpaired) electrons. The average Bonchev–Trinajstić information content (AvgIpc) is 2.65. The van der Waals surface area contributed by atoms with Gasteiger partial charge in [-0.15, -0.1) is 0 Å². The highest BCUT2D eigenvalue weighted by Crippen LogP contribution is 2.26. The van der Waals surface area contributed by atoms with Crippen LogP contribution in [0.3, 0.4) is 0 Å². The second-order valence-corrected chi connectivity index (χ2v) is 5.56. The Bertz CT molecular complexity index is 792. The monoisotopic (exact) mass is 357 g/mol. The van der Waals surface area contributed by atoms with Crippen molar-refractivity contribution in [2.75, 3.05) is 31.0 Å². The molecule has 0 bridgehead atoms. The predicted molar refractivity (Wildman–Crippen MR) is 94.7 cm³/mol. The molecule has 8 heteroatoms. The quantitative estimate of drug-likeness (QED) is 0.737. The van der Waals surface area contributed by atoms with Crippen LogP contribution in [0, 0.1) is 0 Å². The van der Waals surface area contributed by atoms with Crippen LogP contribution in [0.1, 0.15) is 12.8 Å². The van der Waals surface area contributed by atoms with Gasteiger partial charge in [0.05, 0.1) is 13.7 Å². The third kappa shape index (κ3) is 4.62. The summed E-state index contributed by atoms with van der Waals surface area (Å²) in [5, 5.41) is 5.29. The molecule has 8 nitrogen and oxygen atoms in total. The minimum atomic E-state index is -0.274. The molecule has 2 N–H and O–H groups in total. The van der Waals surface area contributed by atoms with Gasteiger partial charge in [-0.05, 0) is 42.8 Å². The predicted octanol–water partition coefficient (Wildman–Crippen LogP) is 2.22. The average molecular weight is 357 g/mol. The first kappa shape index (κ1) is 17.5. The summed E-state index contributed by atoms with van der Waals surface area (Å²) >= 11 is 0. The lowest BCUT2D eigenvalue weighted by Crippen LogP contribution is -2.26. The number of nitrogens with zero attached hydrogens (tertiary/aromatic N) is 1. The number of aromatic nitrogens is 1. The molecule has 2 amide bonds. The van der Waals surface area contributed by atoms with Crippen molar-refractivity contribution < 1.29 is 23.8 Å². The minimum absolute atomic E-state index is 0.0332. The minimum Gasteiger partial charge on any atom is -0.497 e. The molecule has 0 fully saturated rings. The van der Waals surface area contributed by atoms with Crippen LogP contribution in [0.25, 0.3) is 0 Å². The molecule has 2 heterocycles. The number of rotatable bonds is 7. The highest BCUT2D eigenvalue weighted by Gasteiger charge is 2.17. The van der Waals surface area contributed by atoms with E-state index in [-0.39, 0.29) is 24.8 Å². The summed E-state index contributed by atoms with van der Waals surface area (Å²) in [4.78, 5) is 27.5. The number of amides is 2. The van der Waals surface area contributed by atoms with E-state index in [9.17, 15) is 9.59 Å². The van der Waals surface area contributed by atoms with Crippen molar-refractivity contribution in [2.45, 2.75) is 12.8 Å². The summed E-state index contributed by atoms with van der Waals surface area (Å²) in [6, 6.07) is 10.5. The number of hydrogen-bond donors (Lipinski definition) is 2. The van der Waals surface area contributed by atoms with E-state index in [2.05, 4.69) is 15.6 Å². The van der Waals surface area contributed by atoms with E-state index >= 15 is 0 Å². The molecule has 1 aromatic carbocycles. The molecule has 1 aliphatic rings. The molecular weight excluding hydrogens is 338 g/mol. The van der Waals surface area contributed by atoms with Gasteiger partial charge in [-0.25, -0.2) is 4.98 Å². The first-order valence-electron chi connectivity index (χ1n) is 8.14. The number of fused-ring (bicyclic) bond motifs is 1. The Hall–Kier alpha value is -3.29. The number of carbonyl (C=O) groups is 2. The number of nitrogens with one attached hydrogen (secondary N) is 2. The lowest BCUT2D eigenvalue weighted by Gasteiger charge is -2.17. The number of carbonyl (C=O) groups excluding carboxylic acids is 2. The van der Waals surface area contributed by atoms with E-state index in [0.29, 0.717) is 30.4 Å². The SMILES string of the molecule is COc1ccc(OCCCC(=O)Nc2ccc3c(n2)NC(=O)CO3)cc1. The highest BCUT2D eigenvalue weighted by atomic mass is 16.5. The molecule has 0 saturated heterocycles. The van der Waals surface area contributed by atoms with Crippen molar-refractivity contribution in [2.24, 2.45) is 0 Å². The highest BCUT2D eigenvalue weighted by molar-refractivity contribution is 5.95. The van der Waals surface area contributed by atoms with Gasteiger partial charge >= 0.3 is 0 Å². The summed E-state index contributed by atoms with van der Waals surface area (Å²) in [5.74, 6) is 2.17. The van der Waals surface area contributed by atoms with E-state index in [1.165, 1.54) is 0 Å². The van der Waals surface area contributed by atoms with Crippen LogP contribution in [-0.2, 0) is 9.59 Å². The third-order valence-corrected chi connectivity index (χ3v) is 3.62. The van der Waals surface area contributed by atoms with E-state index < -0.39 is 0 Å². The number of anilines is 2. The van der Waals surface area contributed by atoms with Crippen molar-refractivity contribution in [1.82, 2.24) is 4.98 Å². The fraction of sp³-hybridized carbons (Fsp3) is 0.278. The molecule has 26 heavy (non-hydrogen) atoms. The first-order chi connectivity index (χ1) is 12.6. The Morgan fingerprint density at radius 3 is 2.77 bits per heavy atom. The Kier molecular flexibility index (Phi) is 5.52. The van der Waals surface area contributed by atoms with Crippen molar-refractivity contribution >= 4 is 23.5 Å². The maximum Gasteiger partial charge on any atom is 0.263 e. The summed E-state index contributed by atoms with van der Waals surface area (Å²) in [7, 11) is 1.60. The smallest absolute Gasteiger partial charge is 0.263 e. The fourth-order valence-electron chi connectivity index (χ4n) is 2.33. The van der Waals surface area contributed by atoms with Gasteiger partial charge in [0.2, 0.25) is 5.91 Å². The van der Waals surface area contributed by atoms with Crippen LogP contribution in [0.4, 0.5) is 11.6 Å². The zero-order valence-corrected chi connectivity index (χ0v) is 14.3.